The summed E-state index contributed by atoms with van der Waals surface area (Å²) in [6.07, 6.45) is 7.63. The summed E-state index contributed by atoms with van der Waals surface area (Å²) >= 11 is 0. The number of hydrogen-bond donors (Lipinski definition) is 1. The van der Waals surface area contributed by atoms with E-state index in [1.807, 2.05) is 0 Å². The zero-order chi connectivity index (χ0) is 18.6. The second-order valence-corrected chi connectivity index (χ2v) is 12.3. The second-order valence-electron chi connectivity index (χ2n) is 8.07. The highest BCUT2D eigenvalue weighted by molar-refractivity contribution is 7.02. The van der Waals surface area contributed by atoms with Crippen molar-refractivity contribution in [3.05, 3.63) is 41.6 Å². The summed E-state index contributed by atoms with van der Waals surface area (Å²) in [6, 6.07) is 7.62. The fourth-order valence-electron chi connectivity index (χ4n) is 4.27. The average Bonchev–Trinajstić information content (AvgIpc) is 3.54. The third-order valence-electron chi connectivity index (χ3n) is 6.08. The van der Waals surface area contributed by atoms with Crippen molar-refractivity contribution in [2.75, 3.05) is 31.1 Å². The van der Waals surface area contributed by atoms with Gasteiger partial charge in [-0.1, -0.05) is 6.55 Å². The van der Waals surface area contributed by atoms with E-state index in [0.29, 0.717) is 0 Å². The molecule has 6 heteroatoms. The normalized spacial score (nSPS) is 24.9. The van der Waals surface area contributed by atoms with Gasteiger partial charge in [-0.25, -0.2) is 9.57 Å². The van der Waals surface area contributed by atoms with Crippen LogP contribution in [-0.4, -0.2) is 61.3 Å². The van der Waals surface area contributed by atoms with Gasteiger partial charge in [0.25, 0.3) is 0 Å². The van der Waals surface area contributed by atoms with Crippen molar-refractivity contribution in [1.82, 2.24) is 0 Å². The third-order valence-corrected chi connectivity index (χ3v) is 10.6. The van der Waals surface area contributed by atoms with Gasteiger partial charge in [-0.2, -0.15) is 0 Å². The molecule has 3 heterocycles. The van der Waals surface area contributed by atoms with Crippen LogP contribution in [0.2, 0.25) is 12.6 Å². The lowest BCUT2D eigenvalue weighted by atomic mass is 10.1. The molecule has 0 amide bonds. The molecule has 5 nitrogen and oxygen atoms in total. The minimum Gasteiger partial charge on any atom is -0.481 e. The van der Waals surface area contributed by atoms with Crippen molar-refractivity contribution in [2.24, 2.45) is 4.99 Å². The molecule has 2 saturated heterocycles. The Morgan fingerprint density at radius 1 is 1.30 bits per heavy atom. The number of anilines is 1. The first-order valence-corrected chi connectivity index (χ1v) is 12.5. The van der Waals surface area contributed by atoms with E-state index < -0.39 is 14.0 Å². The Morgan fingerprint density at radius 2 is 2.11 bits per heavy atom. The van der Waals surface area contributed by atoms with Crippen molar-refractivity contribution in [1.29, 1.82) is 0 Å². The number of carboxylic acid groups (broad SMARTS) is 1. The molecule has 1 aromatic rings. The lowest BCUT2D eigenvalue weighted by Gasteiger charge is -2.36. The molecule has 3 aliphatic heterocycles. The van der Waals surface area contributed by atoms with Gasteiger partial charge in [0, 0.05) is 37.3 Å². The van der Waals surface area contributed by atoms with E-state index in [0.717, 1.165) is 50.0 Å². The van der Waals surface area contributed by atoms with Crippen LogP contribution >= 0.6 is 0 Å². The molecule has 2 fully saturated rings. The maximum atomic E-state index is 11.1. The molecule has 0 saturated carbocycles. The minimum atomic E-state index is -2.05. The quantitative estimate of drug-likeness (QED) is 0.370. The molecule has 1 aromatic carbocycles. The Labute approximate surface area is 160 Å². The number of rotatable bonds is 5. The van der Waals surface area contributed by atoms with Crippen molar-refractivity contribution in [2.45, 2.75) is 25.4 Å². The minimum absolute atomic E-state index is 0.238. The fraction of sp³-hybridized carbons (Fsp3) is 0.381. The van der Waals surface area contributed by atoms with E-state index in [2.05, 4.69) is 52.4 Å². The molecule has 1 unspecified atom stereocenters. The molecular formula is C21H24N3O2Si+. The summed E-state index contributed by atoms with van der Waals surface area (Å²) in [5, 5.41) is 11.9. The van der Waals surface area contributed by atoms with Gasteiger partial charge in [0.1, 0.15) is 8.07 Å². The van der Waals surface area contributed by atoms with Gasteiger partial charge in [-0.15, -0.1) is 0 Å². The SMILES string of the molecule is C[Si]1(CCCC(=O)O)C2=CC(=[N+]3CC3)C=CC2=Nc2ccc(N3CC3)cc21. The van der Waals surface area contributed by atoms with Crippen molar-refractivity contribution >= 4 is 42.0 Å². The summed E-state index contributed by atoms with van der Waals surface area (Å²) in [4.78, 5) is 18.5. The van der Waals surface area contributed by atoms with E-state index in [-0.39, 0.29) is 6.42 Å². The zero-order valence-corrected chi connectivity index (χ0v) is 16.6. The van der Waals surface area contributed by atoms with E-state index in [1.165, 1.54) is 21.8 Å². The maximum absolute atomic E-state index is 11.1. The number of fused-ring (bicyclic) bond motifs is 2. The van der Waals surface area contributed by atoms with Gasteiger partial charge >= 0.3 is 5.97 Å². The van der Waals surface area contributed by atoms with E-state index in [4.69, 9.17) is 10.1 Å². The highest BCUT2D eigenvalue weighted by atomic mass is 28.3. The molecule has 0 bridgehead atoms. The van der Waals surface area contributed by atoms with E-state index in [1.54, 1.807) is 0 Å². The van der Waals surface area contributed by atoms with Crippen LogP contribution in [0, 0.1) is 0 Å². The number of aliphatic carboxylic acids is 1. The van der Waals surface area contributed by atoms with Crippen LogP contribution in [0.1, 0.15) is 12.8 Å². The standard InChI is InChI=1S/C21H23N3O2Si/c1-27(12-2-3-21(25)26)19-13-15(23-8-9-23)4-6-17(19)22-18-7-5-16(14-20(18)27)24-10-11-24/h4-7,13-14H,2-3,8-12H2,1H3/p+1. The van der Waals surface area contributed by atoms with Crippen LogP contribution in [0.5, 0.6) is 0 Å². The molecule has 27 heavy (non-hydrogen) atoms. The van der Waals surface area contributed by atoms with Gasteiger partial charge < -0.3 is 10.0 Å². The monoisotopic (exact) mass is 378 g/mol. The molecule has 138 valence electrons. The van der Waals surface area contributed by atoms with Crippen LogP contribution in [0.15, 0.2) is 46.6 Å². The van der Waals surface area contributed by atoms with Crippen LogP contribution < -0.4 is 10.1 Å². The first-order valence-electron chi connectivity index (χ1n) is 9.77. The summed E-state index contributed by atoms with van der Waals surface area (Å²) in [5.41, 5.74) is 4.73. The first kappa shape index (κ1) is 16.7. The van der Waals surface area contributed by atoms with Crippen molar-refractivity contribution < 1.29 is 14.5 Å². The smallest absolute Gasteiger partial charge is 0.303 e. The van der Waals surface area contributed by atoms with Crippen LogP contribution in [0.3, 0.4) is 0 Å². The summed E-state index contributed by atoms with van der Waals surface area (Å²) in [6.45, 7) is 6.91. The fourth-order valence-corrected chi connectivity index (χ4v) is 8.33. The molecule has 5 rings (SSSR count). The molecule has 0 radical (unpaired) electrons. The Balaban J connectivity index is 1.61. The number of allylic oxidation sites excluding steroid dienone is 4. The number of hydrogen-bond acceptors (Lipinski definition) is 3. The molecule has 1 aliphatic carbocycles. The Bertz CT molecular complexity index is 966. The van der Waals surface area contributed by atoms with Gasteiger partial charge in [0.2, 0.25) is 13.1 Å². The predicted molar refractivity (Wildman–Crippen MR) is 111 cm³/mol. The van der Waals surface area contributed by atoms with Crippen LogP contribution in [-0.2, 0) is 4.79 Å². The molecule has 1 N–H and O–H groups in total. The Morgan fingerprint density at radius 3 is 2.81 bits per heavy atom. The highest BCUT2D eigenvalue weighted by Crippen LogP contribution is 2.36. The van der Waals surface area contributed by atoms with Crippen LogP contribution in [0.4, 0.5) is 11.4 Å². The van der Waals surface area contributed by atoms with Gasteiger partial charge in [0.15, 0.2) is 5.71 Å². The number of aliphatic imine (C=N–C) groups is 1. The van der Waals surface area contributed by atoms with Gasteiger partial charge in [0.05, 0.1) is 11.4 Å². The van der Waals surface area contributed by atoms with E-state index in [9.17, 15) is 4.79 Å². The number of carbonyl (C=O) groups is 1. The largest absolute Gasteiger partial charge is 0.481 e. The number of benzene rings is 1. The molecular weight excluding hydrogens is 354 g/mol. The molecule has 0 aromatic heterocycles. The third kappa shape index (κ3) is 2.98. The highest BCUT2D eigenvalue weighted by Gasteiger charge is 2.43. The van der Waals surface area contributed by atoms with Gasteiger partial charge in [-0.3, -0.25) is 4.79 Å². The predicted octanol–water partition coefficient (Wildman–Crippen LogP) is 2.25. The number of nitrogens with zero attached hydrogens (tertiary/aromatic N) is 3. The summed E-state index contributed by atoms with van der Waals surface area (Å²) in [5.74, 6) is -0.704. The lowest BCUT2D eigenvalue weighted by Crippen LogP contribution is -2.52. The second kappa shape index (κ2) is 6.02. The summed E-state index contributed by atoms with van der Waals surface area (Å²) in [7, 11) is -2.05. The lowest BCUT2D eigenvalue weighted by molar-refractivity contribution is -0.333. The molecule has 4 aliphatic rings. The summed E-state index contributed by atoms with van der Waals surface area (Å²) < 4.78 is 2.37. The van der Waals surface area contributed by atoms with E-state index >= 15 is 0 Å². The average molecular weight is 379 g/mol. The van der Waals surface area contributed by atoms with Crippen molar-refractivity contribution in [3.63, 3.8) is 0 Å². The Kier molecular flexibility index (Phi) is 3.72. The topological polar surface area (TPSA) is 55.7 Å². The molecule has 0 spiro atoms. The zero-order valence-electron chi connectivity index (χ0n) is 15.6. The first-order chi connectivity index (χ1) is 13.0. The molecule has 1 atom stereocenters. The van der Waals surface area contributed by atoms with Crippen molar-refractivity contribution in [3.8, 4) is 0 Å². The van der Waals surface area contributed by atoms with Gasteiger partial charge in [-0.05, 0) is 47.1 Å². The number of carboxylic acids is 1. The maximum Gasteiger partial charge on any atom is 0.303 e. The van der Waals surface area contributed by atoms with Crippen LogP contribution in [0.25, 0.3) is 0 Å². The Hall–Kier alpha value is -2.47.